The van der Waals surface area contributed by atoms with Crippen LogP contribution < -0.4 is 10.7 Å². The highest BCUT2D eigenvalue weighted by molar-refractivity contribution is 5.74. The van der Waals surface area contributed by atoms with Gasteiger partial charge in [-0.25, -0.2) is 5.01 Å². The van der Waals surface area contributed by atoms with Gasteiger partial charge in [0.05, 0.1) is 11.9 Å². The first-order chi connectivity index (χ1) is 9.15. The fourth-order valence-corrected chi connectivity index (χ4v) is 2.66. The quantitative estimate of drug-likeness (QED) is 0.735. The summed E-state index contributed by atoms with van der Waals surface area (Å²) in [5, 5.41) is 14.4. The maximum absolute atomic E-state index is 11.2. The lowest BCUT2D eigenvalue weighted by Gasteiger charge is -2.38. The number of aliphatic carboxylic acids is 1. The van der Waals surface area contributed by atoms with E-state index in [4.69, 9.17) is 0 Å². The van der Waals surface area contributed by atoms with Crippen molar-refractivity contribution in [3.8, 4) is 0 Å². The lowest BCUT2D eigenvalue weighted by atomic mass is 9.99. The third kappa shape index (κ3) is 2.22. The Morgan fingerprint density at radius 1 is 1.37 bits per heavy atom. The van der Waals surface area contributed by atoms with Crippen molar-refractivity contribution >= 4 is 11.7 Å². The highest BCUT2D eigenvalue weighted by Crippen LogP contribution is 2.24. The maximum atomic E-state index is 11.2. The summed E-state index contributed by atoms with van der Waals surface area (Å²) in [6.45, 7) is 2.66. The molecule has 2 aliphatic heterocycles. The monoisotopic (exact) mass is 259 g/mol. The zero-order valence-corrected chi connectivity index (χ0v) is 10.7. The number of hydrogen-bond donors (Lipinski definition) is 3. The predicted octanol–water partition coefficient (Wildman–Crippen LogP) is 0.866. The van der Waals surface area contributed by atoms with Gasteiger partial charge in [0, 0.05) is 6.54 Å². The largest absolute Gasteiger partial charge is 0.480 e. The highest BCUT2D eigenvalue weighted by atomic mass is 16.4. The molecule has 0 aromatic heterocycles. The number of hydrogen-bond acceptors (Lipinski definition) is 4. The molecule has 3 rings (SSSR count). The van der Waals surface area contributed by atoms with Crippen molar-refractivity contribution in [3.05, 3.63) is 42.0 Å². The van der Waals surface area contributed by atoms with Crippen molar-refractivity contribution in [1.29, 1.82) is 0 Å². The molecule has 1 saturated heterocycles. The van der Waals surface area contributed by atoms with Crippen LogP contribution in [-0.4, -0.2) is 34.8 Å². The molecule has 3 unspecified atom stereocenters. The van der Waals surface area contributed by atoms with E-state index in [1.165, 1.54) is 0 Å². The number of rotatable bonds is 2. The number of carboxylic acids is 1. The summed E-state index contributed by atoms with van der Waals surface area (Å²) in [6.07, 6.45) is 1.98. The van der Waals surface area contributed by atoms with E-state index >= 15 is 0 Å². The first kappa shape index (κ1) is 12.2. The number of fused-ring (bicyclic) bond motifs is 1. The van der Waals surface area contributed by atoms with Crippen LogP contribution in [0.5, 0.6) is 0 Å². The molecule has 19 heavy (non-hydrogen) atoms. The lowest BCUT2D eigenvalue weighted by Crippen LogP contribution is -2.61. The molecular formula is C14H17N3O2. The van der Waals surface area contributed by atoms with E-state index in [9.17, 15) is 9.90 Å². The van der Waals surface area contributed by atoms with Gasteiger partial charge in [0.15, 0.2) is 0 Å². The van der Waals surface area contributed by atoms with Crippen LogP contribution in [0.1, 0.15) is 12.5 Å². The molecule has 5 nitrogen and oxygen atoms in total. The van der Waals surface area contributed by atoms with Crippen molar-refractivity contribution in [2.45, 2.75) is 19.1 Å². The third-order valence-electron chi connectivity index (χ3n) is 3.68. The van der Waals surface area contributed by atoms with Crippen LogP contribution in [0.25, 0.3) is 5.70 Å². The van der Waals surface area contributed by atoms with Crippen LogP contribution in [0.15, 0.2) is 36.4 Å². The van der Waals surface area contributed by atoms with Crippen LogP contribution in [0, 0.1) is 5.92 Å². The molecule has 1 aromatic carbocycles. The van der Waals surface area contributed by atoms with E-state index in [2.05, 4.69) is 10.7 Å². The predicted molar refractivity (Wildman–Crippen MR) is 71.8 cm³/mol. The van der Waals surface area contributed by atoms with Crippen molar-refractivity contribution in [1.82, 2.24) is 15.8 Å². The topological polar surface area (TPSA) is 64.6 Å². The van der Waals surface area contributed by atoms with Gasteiger partial charge in [0.25, 0.3) is 0 Å². The fourth-order valence-electron chi connectivity index (χ4n) is 2.66. The summed E-state index contributed by atoms with van der Waals surface area (Å²) in [5.74, 6) is -0.724. The van der Waals surface area contributed by atoms with Crippen molar-refractivity contribution in [2.75, 3.05) is 6.54 Å². The molecule has 3 atom stereocenters. The molecule has 0 bridgehead atoms. The minimum absolute atomic E-state index is 0.0600. The molecular weight excluding hydrogens is 242 g/mol. The summed E-state index contributed by atoms with van der Waals surface area (Å²) >= 11 is 0. The number of nitrogens with one attached hydrogen (secondary N) is 2. The molecule has 0 radical (unpaired) electrons. The Balaban J connectivity index is 1.80. The minimum Gasteiger partial charge on any atom is -0.480 e. The van der Waals surface area contributed by atoms with Gasteiger partial charge in [0.2, 0.25) is 0 Å². The fraction of sp³-hybridized carbons (Fsp3) is 0.357. The molecule has 2 heterocycles. The summed E-state index contributed by atoms with van der Waals surface area (Å²) < 4.78 is 0. The standard InChI is InChI=1S/C14H17N3O2/c1-9-8-17-12(15-13(9)14(18)19)7-11(16-17)10-5-3-2-4-6-10/h2-7,9,12-13,15-16H,8H2,1H3,(H,18,19). The summed E-state index contributed by atoms with van der Waals surface area (Å²) in [6, 6.07) is 9.54. The van der Waals surface area contributed by atoms with Gasteiger partial charge in [-0.2, -0.15) is 0 Å². The number of benzene rings is 1. The van der Waals surface area contributed by atoms with E-state index in [0.717, 1.165) is 11.3 Å². The summed E-state index contributed by atoms with van der Waals surface area (Å²) in [4.78, 5) is 11.2. The average molecular weight is 259 g/mol. The molecule has 1 aromatic rings. The summed E-state index contributed by atoms with van der Waals surface area (Å²) in [7, 11) is 0. The molecule has 3 N–H and O–H groups in total. The Morgan fingerprint density at radius 2 is 2.11 bits per heavy atom. The van der Waals surface area contributed by atoms with E-state index in [-0.39, 0.29) is 12.1 Å². The van der Waals surface area contributed by atoms with Crippen LogP contribution >= 0.6 is 0 Å². The first-order valence-electron chi connectivity index (χ1n) is 6.44. The van der Waals surface area contributed by atoms with Gasteiger partial charge < -0.3 is 10.5 Å². The molecule has 2 aliphatic rings. The summed E-state index contributed by atoms with van der Waals surface area (Å²) in [5.41, 5.74) is 5.47. The van der Waals surface area contributed by atoms with Crippen LogP contribution in [0.3, 0.4) is 0 Å². The molecule has 0 spiro atoms. The second-order valence-electron chi connectivity index (χ2n) is 5.12. The van der Waals surface area contributed by atoms with Gasteiger partial charge in [-0.1, -0.05) is 37.3 Å². The minimum atomic E-state index is -0.784. The van der Waals surface area contributed by atoms with Gasteiger partial charge in [-0.05, 0) is 17.6 Å². The molecule has 5 heteroatoms. The molecule has 100 valence electrons. The van der Waals surface area contributed by atoms with E-state index < -0.39 is 12.0 Å². The molecule has 0 amide bonds. The molecule has 0 aliphatic carbocycles. The van der Waals surface area contributed by atoms with E-state index in [0.29, 0.717) is 6.54 Å². The van der Waals surface area contributed by atoms with Crippen LogP contribution in [0.2, 0.25) is 0 Å². The maximum Gasteiger partial charge on any atom is 0.321 e. The number of hydrazine groups is 1. The Hall–Kier alpha value is -1.85. The lowest BCUT2D eigenvalue weighted by molar-refractivity contribution is -0.143. The Labute approximate surface area is 111 Å². The van der Waals surface area contributed by atoms with Crippen molar-refractivity contribution in [3.63, 3.8) is 0 Å². The van der Waals surface area contributed by atoms with Crippen LogP contribution in [0.4, 0.5) is 0 Å². The van der Waals surface area contributed by atoms with E-state index in [1.54, 1.807) is 0 Å². The molecule has 0 saturated carbocycles. The van der Waals surface area contributed by atoms with Gasteiger partial charge in [-0.3, -0.25) is 10.1 Å². The second-order valence-corrected chi connectivity index (χ2v) is 5.12. The average Bonchev–Trinajstić information content (AvgIpc) is 2.81. The Kier molecular flexibility index (Phi) is 3.00. The van der Waals surface area contributed by atoms with Gasteiger partial charge in [0.1, 0.15) is 6.04 Å². The molecule has 1 fully saturated rings. The van der Waals surface area contributed by atoms with Crippen molar-refractivity contribution < 1.29 is 9.90 Å². The normalized spacial score (nSPS) is 30.4. The van der Waals surface area contributed by atoms with Crippen LogP contribution in [-0.2, 0) is 4.79 Å². The number of nitrogens with zero attached hydrogens (tertiary/aromatic N) is 1. The zero-order chi connectivity index (χ0) is 13.4. The first-order valence-corrected chi connectivity index (χ1v) is 6.44. The van der Waals surface area contributed by atoms with Gasteiger partial charge >= 0.3 is 5.97 Å². The second kappa shape index (κ2) is 4.68. The highest BCUT2D eigenvalue weighted by Gasteiger charge is 2.38. The number of carboxylic acid groups (broad SMARTS) is 1. The van der Waals surface area contributed by atoms with E-state index in [1.807, 2.05) is 48.3 Å². The SMILES string of the molecule is CC1CN2NC(c3ccccc3)=CC2NC1C(=O)O. The number of carbonyl (C=O) groups is 1. The smallest absolute Gasteiger partial charge is 0.321 e. The zero-order valence-electron chi connectivity index (χ0n) is 10.7. The van der Waals surface area contributed by atoms with Gasteiger partial charge in [-0.15, -0.1) is 0 Å². The Morgan fingerprint density at radius 3 is 2.79 bits per heavy atom. The van der Waals surface area contributed by atoms with Crippen molar-refractivity contribution in [2.24, 2.45) is 5.92 Å². The Bertz CT molecular complexity index is 515. The third-order valence-corrected chi connectivity index (χ3v) is 3.68.